The van der Waals surface area contributed by atoms with Crippen molar-refractivity contribution < 1.29 is 17.6 Å². The first-order valence-corrected chi connectivity index (χ1v) is 9.68. The topological polar surface area (TPSA) is 88.4 Å². The second-order valence-corrected chi connectivity index (χ2v) is 7.87. The molecule has 128 valence electrons. The molecule has 7 heteroatoms. The van der Waals surface area contributed by atoms with E-state index in [1.165, 1.54) is 0 Å². The minimum atomic E-state index is -3.40. The Morgan fingerprint density at radius 2 is 2.08 bits per heavy atom. The van der Waals surface area contributed by atoms with Crippen molar-refractivity contribution in [1.29, 1.82) is 0 Å². The van der Waals surface area contributed by atoms with E-state index in [2.05, 4.69) is 10.0 Å². The number of fused-ring (bicyclic) bond motifs is 1. The van der Waals surface area contributed by atoms with E-state index in [0.717, 1.165) is 42.4 Å². The summed E-state index contributed by atoms with van der Waals surface area (Å²) in [5.41, 5.74) is 2.61. The summed E-state index contributed by atoms with van der Waals surface area (Å²) in [6.45, 7) is 1.79. The highest BCUT2D eigenvalue weighted by atomic mass is 32.2. The number of carbonyl (C=O) groups is 1. The SMILES string of the molecule is Cc1ccc(C(=O)NC2CCCc3occc32)cc1NS(C)(=O)=O. The van der Waals surface area contributed by atoms with Crippen LogP contribution in [0.2, 0.25) is 0 Å². The lowest BCUT2D eigenvalue weighted by Crippen LogP contribution is -2.30. The molecule has 24 heavy (non-hydrogen) atoms. The molecule has 1 unspecified atom stereocenters. The van der Waals surface area contributed by atoms with E-state index in [1.54, 1.807) is 31.4 Å². The average Bonchev–Trinajstić information content (AvgIpc) is 2.97. The number of furan rings is 1. The molecule has 1 aromatic carbocycles. The van der Waals surface area contributed by atoms with Gasteiger partial charge in [0.25, 0.3) is 5.91 Å². The van der Waals surface area contributed by atoms with Crippen LogP contribution in [0.4, 0.5) is 5.69 Å². The maximum Gasteiger partial charge on any atom is 0.251 e. The first kappa shape index (κ1) is 16.6. The zero-order chi connectivity index (χ0) is 17.3. The number of aryl methyl sites for hydroxylation is 2. The summed E-state index contributed by atoms with van der Waals surface area (Å²) in [5, 5.41) is 3.01. The van der Waals surface area contributed by atoms with E-state index in [4.69, 9.17) is 4.42 Å². The number of sulfonamides is 1. The Labute approximate surface area is 141 Å². The van der Waals surface area contributed by atoms with Crippen molar-refractivity contribution in [3.05, 3.63) is 53.0 Å². The molecule has 0 spiro atoms. The van der Waals surface area contributed by atoms with Gasteiger partial charge in [-0.15, -0.1) is 0 Å². The molecule has 0 bridgehead atoms. The van der Waals surface area contributed by atoms with Crippen LogP contribution in [0.5, 0.6) is 0 Å². The number of rotatable bonds is 4. The lowest BCUT2D eigenvalue weighted by molar-refractivity contribution is 0.0932. The summed E-state index contributed by atoms with van der Waals surface area (Å²) in [5.74, 6) is 0.695. The molecule has 0 radical (unpaired) electrons. The van der Waals surface area contributed by atoms with Gasteiger partial charge in [-0.3, -0.25) is 9.52 Å². The van der Waals surface area contributed by atoms with Gasteiger partial charge in [-0.25, -0.2) is 8.42 Å². The molecule has 0 saturated carbocycles. The molecule has 1 aliphatic carbocycles. The van der Waals surface area contributed by atoms with Crippen molar-refractivity contribution in [2.45, 2.75) is 32.2 Å². The highest BCUT2D eigenvalue weighted by Crippen LogP contribution is 2.30. The third-order valence-electron chi connectivity index (χ3n) is 4.15. The molecule has 6 nitrogen and oxygen atoms in total. The van der Waals surface area contributed by atoms with Gasteiger partial charge in [0.1, 0.15) is 5.76 Å². The first-order valence-electron chi connectivity index (χ1n) is 7.79. The zero-order valence-corrected chi connectivity index (χ0v) is 14.4. The van der Waals surface area contributed by atoms with Crippen LogP contribution in [0, 0.1) is 6.92 Å². The van der Waals surface area contributed by atoms with E-state index in [0.29, 0.717) is 11.3 Å². The molecular weight excluding hydrogens is 328 g/mol. The van der Waals surface area contributed by atoms with Crippen LogP contribution in [-0.4, -0.2) is 20.6 Å². The Morgan fingerprint density at radius 1 is 1.29 bits per heavy atom. The molecule has 1 amide bonds. The fourth-order valence-corrected chi connectivity index (χ4v) is 3.57. The maximum absolute atomic E-state index is 12.6. The molecule has 1 atom stereocenters. The monoisotopic (exact) mass is 348 g/mol. The maximum atomic E-state index is 12.6. The van der Waals surface area contributed by atoms with Crippen molar-refractivity contribution in [1.82, 2.24) is 5.32 Å². The van der Waals surface area contributed by atoms with Crippen molar-refractivity contribution in [3.63, 3.8) is 0 Å². The molecule has 2 aromatic rings. The van der Waals surface area contributed by atoms with E-state index in [-0.39, 0.29) is 11.9 Å². The highest BCUT2D eigenvalue weighted by molar-refractivity contribution is 7.92. The van der Waals surface area contributed by atoms with Gasteiger partial charge in [0.2, 0.25) is 10.0 Å². The summed E-state index contributed by atoms with van der Waals surface area (Å²) >= 11 is 0. The van der Waals surface area contributed by atoms with E-state index >= 15 is 0 Å². The van der Waals surface area contributed by atoms with Crippen molar-refractivity contribution >= 4 is 21.6 Å². The summed E-state index contributed by atoms with van der Waals surface area (Å²) in [6, 6.07) is 6.80. The van der Waals surface area contributed by atoms with Crippen LogP contribution in [0.25, 0.3) is 0 Å². The number of amides is 1. The number of anilines is 1. The number of carbonyl (C=O) groups excluding carboxylic acids is 1. The second-order valence-electron chi connectivity index (χ2n) is 6.12. The van der Waals surface area contributed by atoms with Gasteiger partial charge in [-0.2, -0.15) is 0 Å². The van der Waals surface area contributed by atoms with Gasteiger partial charge in [-0.1, -0.05) is 6.07 Å². The quantitative estimate of drug-likeness (QED) is 0.889. The summed E-state index contributed by atoms with van der Waals surface area (Å²) in [7, 11) is -3.40. The minimum absolute atomic E-state index is 0.0763. The van der Waals surface area contributed by atoms with Crippen molar-refractivity contribution in [3.8, 4) is 0 Å². The molecule has 0 fully saturated rings. The molecule has 1 aromatic heterocycles. The lowest BCUT2D eigenvalue weighted by Gasteiger charge is -2.23. The summed E-state index contributed by atoms with van der Waals surface area (Å²) < 4.78 is 30.7. The van der Waals surface area contributed by atoms with E-state index < -0.39 is 10.0 Å². The Kier molecular flexibility index (Phi) is 4.36. The van der Waals surface area contributed by atoms with Gasteiger partial charge >= 0.3 is 0 Å². The Balaban J connectivity index is 1.80. The smallest absolute Gasteiger partial charge is 0.251 e. The average molecular weight is 348 g/mol. The Bertz CT molecular complexity index is 870. The van der Waals surface area contributed by atoms with Gasteiger partial charge in [0.05, 0.1) is 24.2 Å². The fourth-order valence-electron chi connectivity index (χ4n) is 2.95. The van der Waals surface area contributed by atoms with Crippen molar-refractivity contribution in [2.75, 3.05) is 11.0 Å². The van der Waals surface area contributed by atoms with Crippen LogP contribution in [0.15, 0.2) is 34.9 Å². The number of hydrogen-bond donors (Lipinski definition) is 2. The highest BCUT2D eigenvalue weighted by Gasteiger charge is 2.24. The van der Waals surface area contributed by atoms with E-state index in [9.17, 15) is 13.2 Å². The van der Waals surface area contributed by atoms with Crippen LogP contribution in [0.1, 0.15) is 46.1 Å². The fraction of sp³-hybridized carbons (Fsp3) is 0.353. The predicted molar refractivity (Wildman–Crippen MR) is 91.5 cm³/mol. The molecule has 1 heterocycles. The van der Waals surface area contributed by atoms with Gasteiger partial charge in [0, 0.05) is 17.5 Å². The Morgan fingerprint density at radius 3 is 2.83 bits per heavy atom. The first-order chi connectivity index (χ1) is 11.3. The summed E-state index contributed by atoms with van der Waals surface area (Å²) in [6.07, 6.45) is 5.44. The second kappa shape index (κ2) is 6.32. The van der Waals surface area contributed by atoms with Crippen LogP contribution >= 0.6 is 0 Å². The van der Waals surface area contributed by atoms with Crippen LogP contribution in [0.3, 0.4) is 0 Å². The Hall–Kier alpha value is -2.28. The number of benzene rings is 1. The van der Waals surface area contributed by atoms with Crippen LogP contribution < -0.4 is 10.0 Å². The van der Waals surface area contributed by atoms with Gasteiger partial charge in [0.15, 0.2) is 0 Å². The third kappa shape index (κ3) is 3.62. The molecular formula is C17H20N2O4S. The predicted octanol–water partition coefficient (Wildman–Crippen LogP) is 2.77. The summed E-state index contributed by atoms with van der Waals surface area (Å²) in [4.78, 5) is 12.6. The largest absolute Gasteiger partial charge is 0.469 e. The molecule has 0 saturated heterocycles. The number of nitrogens with one attached hydrogen (secondary N) is 2. The molecule has 3 rings (SSSR count). The minimum Gasteiger partial charge on any atom is -0.469 e. The molecule has 0 aliphatic heterocycles. The van der Waals surface area contributed by atoms with Gasteiger partial charge in [-0.05, 0) is 43.5 Å². The molecule has 1 aliphatic rings. The zero-order valence-electron chi connectivity index (χ0n) is 13.6. The molecule has 2 N–H and O–H groups in total. The third-order valence-corrected chi connectivity index (χ3v) is 4.74. The van der Waals surface area contributed by atoms with Gasteiger partial charge < -0.3 is 9.73 Å². The normalized spacial score (nSPS) is 17.2. The van der Waals surface area contributed by atoms with E-state index in [1.807, 2.05) is 6.07 Å². The van der Waals surface area contributed by atoms with Crippen LogP contribution in [-0.2, 0) is 16.4 Å². The lowest BCUT2D eigenvalue weighted by atomic mass is 9.93. The van der Waals surface area contributed by atoms with Crippen molar-refractivity contribution in [2.24, 2.45) is 0 Å². The standard InChI is InChI=1S/C17H20N2O4S/c1-11-6-7-12(10-15(11)19-24(2,21)22)17(20)18-14-4-3-5-16-13(14)8-9-23-16/h6-10,14,19H,3-5H2,1-2H3,(H,18,20). The number of hydrogen-bond acceptors (Lipinski definition) is 4.